The van der Waals surface area contributed by atoms with Crippen molar-refractivity contribution in [1.82, 2.24) is 20.0 Å². The van der Waals surface area contributed by atoms with Gasteiger partial charge in [0.2, 0.25) is 0 Å². The van der Waals surface area contributed by atoms with E-state index in [1.807, 2.05) is 0 Å². The van der Waals surface area contributed by atoms with Crippen molar-refractivity contribution in [3.05, 3.63) is 35.0 Å². The molecule has 31 heavy (non-hydrogen) atoms. The van der Waals surface area contributed by atoms with Crippen molar-refractivity contribution in [1.29, 1.82) is 0 Å². The third-order valence-corrected chi connectivity index (χ3v) is 6.33. The number of esters is 1. The van der Waals surface area contributed by atoms with Crippen LogP contribution < -0.4 is 0 Å². The topological polar surface area (TPSA) is 104 Å². The Morgan fingerprint density at radius 2 is 1.94 bits per heavy atom. The highest BCUT2D eigenvalue weighted by Gasteiger charge is 2.40. The Morgan fingerprint density at radius 1 is 1.26 bits per heavy atom. The van der Waals surface area contributed by atoms with Gasteiger partial charge in [0.05, 0.1) is 11.5 Å². The monoisotopic (exact) mass is 494 g/mol. The van der Waals surface area contributed by atoms with Crippen LogP contribution in [0.3, 0.4) is 0 Å². The van der Waals surface area contributed by atoms with E-state index in [0.717, 1.165) is 22.3 Å². The fraction of sp³-hybridized carbons (Fsp3) is 0.294. The first-order valence-corrected chi connectivity index (χ1v) is 11.6. The van der Waals surface area contributed by atoms with Gasteiger partial charge in [0.1, 0.15) is 22.3 Å². The summed E-state index contributed by atoms with van der Waals surface area (Å²) in [7, 11) is -3.48. The van der Waals surface area contributed by atoms with E-state index in [9.17, 15) is 26.4 Å². The molecule has 0 fully saturated rings. The van der Waals surface area contributed by atoms with Gasteiger partial charge in [-0.05, 0) is 19.1 Å². The average Bonchev–Trinajstić information content (AvgIpc) is 3.25. The van der Waals surface area contributed by atoms with Gasteiger partial charge in [-0.2, -0.15) is 18.3 Å². The maximum absolute atomic E-state index is 13.3. The van der Waals surface area contributed by atoms with Crippen molar-refractivity contribution < 1.29 is 31.1 Å². The molecule has 0 aliphatic rings. The highest BCUT2D eigenvalue weighted by Crippen LogP contribution is 2.41. The molecule has 1 aromatic carbocycles. The van der Waals surface area contributed by atoms with E-state index in [-0.39, 0.29) is 27.2 Å². The maximum atomic E-state index is 13.3. The van der Waals surface area contributed by atoms with E-state index in [1.165, 1.54) is 18.2 Å². The highest BCUT2D eigenvalue weighted by atomic mass is 35.5. The van der Waals surface area contributed by atoms with Gasteiger partial charge in [0.15, 0.2) is 20.5 Å². The number of benzene rings is 1. The highest BCUT2D eigenvalue weighted by molar-refractivity contribution is 7.90. The lowest BCUT2D eigenvalue weighted by Crippen LogP contribution is -2.16. The molecule has 166 valence electrons. The largest absolute Gasteiger partial charge is 0.465 e. The lowest BCUT2D eigenvalue weighted by molar-refractivity contribution is -0.145. The molecule has 0 N–H and O–H groups in total. The molecule has 2 heterocycles. The lowest BCUT2D eigenvalue weighted by atomic mass is 10.2. The zero-order chi connectivity index (χ0) is 23.0. The van der Waals surface area contributed by atoms with Crippen LogP contribution in [0.25, 0.3) is 21.3 Å². The molecule has 2 aromatic heterocycles. The molecule has 0 radical (unpaired) electrons. The van der Waals surface area contributed by atoms with Crippen LogP contribution in [0.5, 0.6) is 0 Å². The fourth-order valence-corrected chi connectivity index (χ4v) is 4.51. The second-order valence-electron chi connectivity index (χ2n) is 6.18. The standard InChI is InChI=1S/C17H14ClF3N4O4S2/c1-3-29-11(26)8-25-13(12(18)14(24-25)17(19,20)21)16-23-22-15(30-16)9-5-4-6-10(7-9)31(2,27)28/h4-7H,3,8H2,1-2H3. The Balaban J connectivity index is 2.08. The second-order valence-corrected chi connectivity index (χ2v) is 9.56. The summed E-state index contributed by atoms with van der Waals surface area (Å²) < 4.78 is 69.0. The van der Waals surface area contributed by atoms with E-state index < -0.39 is 39.2 Å². The number of halogens is 4. The van der Waals surface area contributed by atoms with Crippen LogP contribution >= 0.6 is 22.9 Å². The summed E-state index contributed by atoms with van der Waals surface area (Å²) in [6, 6.07) is 5.87. The number of carbonyl (C=O) groups is 1. The number of alkyl halides is 3. The molecular weight excluding hydrogens is 481 g/mol. The Kier molecular flexibility index (Phi) is 6.39. The lowest BCUT2D eigenvalue weighted by Gasteiger charge is -2.05. The maximum Gasteiger partial charge on any atom is 0.436 e. The van der Waals surface area contributed by atoms with Crippen molar-refractivity contribution in [2.45, 2.75) is 24.5 Å². The number of ether oxygens (including phenoxy) is 1. The summed E-state index contributed by atoms with van der Waals surface area (Å²) >= 11 is 6.82. The number of carbonyl (C=O) groups excluding carboxylic acids is 1. The van der Waals surface area contributed by atoms with Gasteiger partial charge >= 0.3 is 12.1 Å². The van der Waals surface area contributed by atoms with Crippen LogP contribution in [-0.4, -0.2) is 47.2 Å². The van der Waals surface area contributed by atoms with Crippen LogP contribution in [0.2, 0.25) is 5.02 Å². The molecule has 14 heteroatoms. The third-order valence-electron chi connectivity index (χ3n) is 3.88. The Morgan fingerprint density at radius 3 is 2.55 bits per heavy atom. The minimum atomic E-state index is -4.86. The van der Waals surface area contributed by atoms with Crippen molar-refractivity contribution in [2.75, 3.05) is 12.9 Å². The number of rotatable bonds is 6. The predicted molar refractivity (Wildman–Crippen MR) is 106 cm³/mol. The molecule has 0 saturated heterocycles. The van der Waals surface area contributed by atoms with Crippen LogP contribution in [0, 0.1) is 0 Å². The summed E-state index contributed by atoms with van der Waals surface area (Å²) in [6.45, 7) is 0.976. The minimum absolute atomic E-state index is 0.0305. The fourth-order valence-electron chi connectivity index (χ4n) is 2.56. The molecular formula is C17H14ClF3N4O4S2. The van der Waals surface area contributed by atoms with Crippen molar-refractivity contribution >= 4 is 38.7 Å². The number of hydrogen-bond acceptors (Lipinski definition) is 8. The van der Waals surface area contributed by atoms with Crippen LogP contribution in [0.4, 0.5) is 13.2 Å². The molecule has 0 saturated carbocycles. The quantitative estimate of drug-likeness (QED) is 0.481. The first-order valence-electron chi connectivity index (χ1n) is 8.55. The van der Waals surface area contributed by atoms with E-state index in [4.69, 9.17) is 16.3 Å². The zero-order valence-electron chi connectivity index (χ0n) is 16.0. The SMILES string of the molecule is CCOC(=O)Cn1nc(C(F)(F)F)c(Cl)c1-c1nnc(-c2cccc(S(C)(=O)=O)c2)s1. The zero-order valence-corrected chi connectivity index (χ0v) is 18.4. The van der Waals surface area contributed by atoms with Crippen LogP contribution in [0.15, 0.2) is 29.2 Å². The molecule has 3 rings (SSSR count). The first kappa shape index (κ1) is 23.2. The predicted octanol–water partition coefficient (Wildman–Crippen LogP) is 3.71. The first-order chi connectivity index (χ1) is 14.4. The summed E-state index contributed by atoms with van der Waals surface area (Å²) in [5, 5.41) is 10.7. The van der Waals surface area contributed by atoms with Crippen molar-refractivity contribution in [3.8, 4) is 21.3 Å². The molecule has 3 aromatic rings. The van der Waals surface area contributed by atoms with Gasteiger partial charge in [-0.15, -0.1) is 10.2 Å². The summed E-state index contributed by atoms with van der Waals surface area (Å²) in [5.41, 5.74) is -1.22. The third kappa shape index (κ3) is 5.05. The Bertz CT molecular complexity index is 1240. The number of aromatic nitrogens is 4. The number of nitrogens with zero attached hydrogens (tertiary/aromatic N) is 4. The van der Waals surface area contributed by atoms with E-state index >= 15 is 0 Å². The van der Waals surface area contributed by atoms with Gasteiger partial charge in [0, 0.05) is 11.8 Å². The van der Waals surface area contributed by atoms with Crippen LogP contribution in [-0.2, 0) is 32.1 Å². The normalized spacial score (nSPS) is 12.2. The van der Waals surface area contributed by atoms with Crippen molar-refractivity contribution in [2.24, 2.45) is 0 Å². The van der Waals surface area contributed by atoms with Gasteiger partial charge in [-0.3, -0.25) is 4.79 Å². The van der Waals surface area contributed by atoms with Crippen molar-refractivity contribution in [3.63, 3.8) is 0 Å². The van der Waals surface area contributed by atoms with Gasteiger partial charge in [0.25, 0.3) is 0 Å². The molecule has 0 bridgehead atoms. The molecule has 8 nitrogen and oxygen atoms in total. The van der Waals surface area contributed by atoms with E-state index in [1.54, 1.807) is 13.0 Å². The van der Waals surface area contributed by atoms with Gasteiger partial charge in [-0.25, -0.2) is 13.1 Å². The summed E-state index contributed by atoms with van der Waals surface area (Å²) in [5.74, 6) is -0.803. The van der Waals surface area contributed by atoms with E-state index in [0.29, 0.717) is 5.56 Å². The summed E-state index contributed by atoms with van der Waals surface area (Å²) in [4.78, 5) is 11.9. The molecule has 0 amide bonds. The molecule has 0 aliphatic heterocycles. The smallest absolute Gasteiger partial charge is 0.436 e. The second kappa shape index (κ2) is 8.55. The van der Waals surface area contributed by atoms with Gasteiger partial charge in [-0.1, -0.05) is 35.1 Å². The molecule has 0 spiro atoms. The molecule has 0 aliphatic carbocycles. The number of hydrogen-bond donors (Lipinski definition) is 0. The Labute approximate surface area is 183 Å². The summed E-state index contributed by atoms with van der Waals surface area (Å²) in [6.07, 6.45) is -3.81. The van der Waals surface area contributed by atoms with Gasteiger partial charge < -0.3 is 4.74 Å². The van der Waals surface area contributed by atoms with Crippen LogP contribution in [0.1, 0.15) is 12.6 Å². The number of sulfone groups is 1. The van der Waals surface area contributed by atoms with E-state index in [2.05, 4.69) is 15.3 Å². The molecule has 0 atom stereocenters. The minimum Gasteiger partial charge on any atom is -0.465 e. The Hall–Kier alpha value is -2.51. The molecule has 0 unspecified atom stereocenters. The average molecular weight is 495 g/mol.